The molecular weight excluding hydrogens is 357 g/mol. The Morgan fingerprint density at radius 1 is 0.962 bits per heavy atom. The molecule has 1 fully saturated rings. The highest BCUT2D eigenvalue weighted by Gasteiger charge is 2.22. The third kappa shape index (κ3) is 4.80. The lowest BCUT2D eigenvalue weighted by atomic mass is 10.1. The molecule has 0 unspecified atom stereocenters. The average molecular weight is 376 g/mol. The van der Waals surface area contributed by atoms with Gasteiger partial charge in [-0.15, -0.1) is 0 Å². The zero-order valence-electron chi connectivity index (χ0n) is 14.1. The Bertz CT molecular complexity index is 772. The first kappa shape index (κ1) is 18.4. The van der Waals surface area contributed by atoms with E-state index < -0.39 is 0 Å². The van der Waals surface area contributed by atoms with Gasteiger partial charge in [0.1, 0.15) is 5.82 Å². The molecule has 2 aromatic carbocycles. The number of benzene rings is 2. The molecule has 5 nitrogen and oxygen atoms in total. The van der Waals surface area contributed by atoms with E-state index in [0.29, 0.717) is 42.5 Å². The lowest BCUT2D eigenvalue weighted by molar-refractivity contribution is 0.0884. The van der Waals surface area contributed by atoms with Gasteiger partial charge >= 0.3 is 6.03 Å². The number of hydrogen-bond acceptors (Lipinski definition) is 3. The maximum absolute atomic E-state index is 12.9. The molecule has 2 amide bonds. The number of anilines is 1. The largest absolute Gasteiger partial charge is 0.322 e. The van der Waals surface area contributed by atoms with E-state index in [1.54, 1.807) is 29.2 Å². The summed E-state index contributed by atoms with van der Waals surface area (Å²) in [6.45, 7) is 2.56. The molecule has 0 bridgehead atoms. The standard InChI is InChI=1S/C19H19ClFN3O2/c20-15-3-7-17(8-4-15)22-19(26)24-11-9-23(10-12-24)13-18(25)14-1-5-16(21)6-2-14/h1-8H,9-13H2,(H,22,26). The molecule has 0 atom stereocenters. The summed E-state index contributed by atoms with van der Waals surface area (Å²) in [7, 11) is 0. The number of carbonyl (C=O) groups is 2. The topological polar surface area (TPSA) is 52.7 Å². The number of piperazine rings is 1. The van der Waals surface area contributed by atoms with E-state index in [9.17, 15) is 14.0 Å². The van der Waals surface area contributed by atoms with Crippen molar-refractivity contribution >= 4 is 29.1 Å². The van der Waals surface area contributed by atoms with Crippen LogP contribution in [-0.4, -0.2) is 54.3 Å². The van der Waals surface area contributed by atoms with Gasteiger partial charge in [-0.2, -0.15) is 0 Å². The predicted molar refractivity (Wildman–Crippen MR) is 99.2 cm³/mol. The first-order valence-corrected chi connectivity index (χ1v) is 8.72. The fourth-order valence-corrected chi connectivity index (χ4v) is 2.90. The van der Waals surface area contributed by atoms with Gasteiger partial charge < -0.3 is 10.2 Å². The summed E-state index contributed by atoms with van der Waals surface area (Å²) in [6, 6.07) is 12.3. The van der Waals surface area contributed by atoms with Gasteiger partial charge in [0.25, 0.3) is 0 Å². The van der Waals surface area contributed by atoms with E-state index in [1.807, 2.05) is 4.90 Å². The highest BCUT2D eigenvalue weighted by molar-refractivity contribution is 6.30. The fraction of sp³-hybridized carbons (Fsp3) is 0.263. The molecule has 0 radical (unpaired) electrons. The quantitative estimate of drug-likeness (QED) is 0.832. The summed E-state index contributed by atoms with van der Waals surface area (Å²) in [4.78, 5) is 28.2. The Labute approximate surface area is 156 Å². The molecule has 0 aliphatic carbocycles. The molecule has 1 aliphatic rings. The van der Waals surface area contributed by atoms with Gasteiger partial charge in [0.15, 0.2) is 5.78 Å². The molecular formula is C19H19ClFN3O2. The van der Waals surface area contributed by atoms with E-state index in [1.165, 1.54) is 24.3 Å². The van der Waals surface area contributed by atoms with E-state index >= 15 is 0 Å². The SMILES string of the molecule is O=C(CN1CCN(C(=O)Nc2ccc(Cl)cc2)CC1)c1ccc(F)cc1. The van der Waals surface area contributed by atoms with Crippen molar-refractivity contribution in [3.05, 3.63) is 64.9 Å². The van der Waals surface area contributed by atoms with Crippen LogP contribution in [0.5, 0.6) is 0 Å². The number of hydrogen-bond donors (Lipinski definition) is 1. The summed E-state index contributed by atoms with van der Waals surface area (Å²) >= 11 is 5.83. The zero-order valence-corrected chi connectivity index (χ0v) is 14.9. The number of Topliss-reactive ketones (excluding diaryl/α,β-unsaturated/α-hetero) is 1. The van der Waals surface area contributed by atoms with Gasteiger partial charge in [-0.3, -0.25) is 9.69 Å². The van der Waals surface area contributed by atoms with Crippen molar-refractivity contribution in [2.45, 2.75) is 0 Å². The zero-order chi connectivity index (χ0) is 18.5. The van der Waals surface area contributed by atoms with Crippen molar-refractivity contribution < 1.29 is 14.0 Å². The molecule has 2 aromatic rings. The third-order valence-corrected chi connectivity index (χ3v) is 4.54. The molecule has 1 heterocycles. The Hall–Kier alpha value is -2.44. The number of ketones is 1. The van der Waals surface area contributed by atoms with Gasteiger partial charge in [-0.05, 0) is 48.5 Å². The van der Waals surface area contributed by atoms with Crippen molar-refractivity contribution in [1.29, 1.82) is 0 Å². The molecule has 26 heavy (non-hydrogen) atoms. The molecule has 3 rings (SSSR count). The van der Waals surface area contributed by atoms with E-state index in [0.717, 1.165) is 0 Å². The first-order chi connectivity index (χ1) is 12.5. The Morgan fingerprint density at radius 2 is 1.58 bits per heavy atom. The molecule has 136 valence electrons. The second-order valence-corrected chi connectivity index (χ2v) is 6.57. The van der Waals surface area contributed by atoms with E-state index in [2.05, 4.69) is 5.32 Å². The van der Waals surface area contributed by atoms with Gasteiger partial charge in [0, 0.05) is 42.5 Å². The van der Waals surface area contributed by atoms with Crippen LogP contribution in [0.25, 0.3) is 0 Å². The molecule has 0 spiro atoms. The van der Waals surface area contributed by atoms with Gasteiger partial charge in [-0.1, -0.05) is 11.6 Å². The molecule has 0 saturated carbocycles. The summed E-state index contributed by atoms with van der Waals surface area (Å²) in [5.41, 5.74) is 1.18. The van der Waals surface area contributed by atoms with Crippen molar-refractivity contribution in [2.75, 3.05) is 38.0 Å². The maximum atomic E-state index is 12.9. The summed E-state index contributed by atoms with van der Waals surface area (Å²) < 4.78 is 12.9. The van der Waals surface area contributed by atoms with Crippen LogP contribution in [-0.2, 0) is 0 Å². The normalized spacial score (nSPS) is 14.9. The molecule has 7 heteroatoms. The average Bonchev–Trinajstić information content (AvgIpc) is 2.64. The predicted octanol–water partition coefficient (Wildman–Crippen LogP) is 3.51. The minimum Gasteiger partial charge on any atom is -0.322 e. The molecule has 1 saturated heterocycles. The molecule has 1 aliphatic heterocycles. The highest BCUT2D eigenvalue weighted by Crippen LogP contribution is 2.14. The van der Waals surface area contributed by atoms with E-state index in [4.69, 9.17) is 11.6 Å². The second kappa shape index (κ2) is 8.29. The lowest BCUT2D eigenvalue weighted by Crippen LogP contribution is -2.51. The van der Waals surface area contributed by atoms with Crippen molar-refractivity contribution in [3.8, 4) is 0 Å². The van der Waals surface area contributed by atoms with Crippen LogP contribution in [0.1, 0.15) is 10.4 Å². The summed E-state index contributed by atoms with van der Waals surface area (Å²) in [6.07, 6.45) is 0. The number of rotatable bonds is 4. The van der Waals surface area contributed by atoms with Crippen LogP contribution in [0, 0.1) is 5.82 Å². The highest BCUT2D eigenvalue weighted by atomic mass is 35.5. The second-order valence-electron chi connectivity index (χ2n) is 6.13. The summed E-state index contributed by atoms with van der Waals surface area (Å²) in [5, 5.41) is 3.45. The fourth-order valence-electron chi connectivity index (χ4n) is 2.77. The summed E-state index contributed by atoms with van der Waals surface area (Å²) in [5.74, 6) is -0.411. The molecule has 1 N–H and O–H groups in total. The third-order valence-electron chi connectivity index (χ3n) is 4.29. The monoisotopic (exact) mass is 375 g/mol. The van der Waals surface area contributed by atoms with Gasteiger partial charge in [0.2, 0.25) is 0 Å². The van der Waals surface area contributed by atoms with Gasteiger partial charge in [-0.25, -0.2) is 9.18 Å². The Kier molecular flexibility index (Phi) is 5.85. The van der Waals surface area contributed by atoms with Gasteiger partial charge in [0.05, 0.1) is 6.54 Å². The number of nitrogens with one attached hydrogen (secondary N) is 1. The number of carbonyl (C=O) groups excluding carboxylic acids is 2. The number of halogens is 2. The lowest BCUT2D eigenvalue weighted by Gasteiger charge is -2.34. The molecule has 0 aromatic heterocycles. The van der Waals surface area contributed by atoms with Crippen molar-refractivity contribution in [1.82, 2.24) is 9.80 Å². The Morgan fingerprint density at radius 3 is 2.19 bits per heavy atom. The number of amides is 2. The van der Waals surface area contributed by atoms with Crippen molar-refractivity contribution in [3.63, 3.8) is 0 Å². The van der Waals surface area contributed by atoms with Crippen LogP contribution >= 0.6 is 11.6 Å². The maximum Gasteiger partial charge on any atom is 0.321 e. The smallest absolute Gasteiger partial charge is 0.321 e. The number of urea groups is 1. The number of nitrogens with zero attached hydrogens (tertiary/aromatic N) is 2. The minimum absolute atomic E-state index is 0.0518. The first-order valence-electron chi connectivity index (χ1n) is 8.34. The van der Waals surface area contributed by atoms with Crippen LogP contribution in [0.3, 0.4) is 0 Å². The van der Waals surface area contributed by atoms with Crippen LogP contribution in [0.2, 0.25) is 5.02 Å². The van der Waals surface area contributed by atoms with Crippen LogP contribution in [0.4, 0.5) is 14.9 Å². The minimum atomic E-state index is -0.359. The van der Waals surface area contributed by atoms with E-state index in [-0.39, 0.29) is 24.2 Å². The van der Waals surface area contributed by atoms with Crippen molar-refractivity contribution in [2.24, 2.45) is 0 Å². The van der Waals surface area contributed by atoms with Crippen LogP contribution < -0.4 is 5.32 Å². The van der Waals surface area contributed by atoms with Crippen LogP contribution in [0.15, 0.2) is 48.5 Å². The Balaban J connectivity index is 1.47.